The van der Waals surface area contributed by atoms with Gasteiger partial charge in [0.15, 0.2) is 0 Å². The molecule has 0 atom stereocenters. The average molecular weight is 332 g/mol. The van der Waals surface area contributed by atoms with Crippen molar-refractivity contribution in [2.75, 3.05) is 30.5 Å². The van der Waals surface area contributed by atoms with Crippen LogP contribution in [0, 0.1) is 0 Å². The van der Waals surface area contributed by atoms with Crippen LogP contribution < -0.4 is 4.31 Å². The maximum absolute atomic E-state index is 12.9. The van der Waals surface area contributed by atoms with E-state index in [1.165, 1.54) is 4.31 Å². The van der Waals surface area contributed by atoms with E-state index in [1.54, 1.807) is 12.1 Å². The molecule has 1 fully saturated rings. The molecule has 4 rings (SSSR count). The van der Waals surface area contributed by atoms with Gasteiger partial charge >= 0.3 is 0 Å². The third kappa shape index (κ3) is 2.41. The van der Waals surface area contributed by atoms with Crippen LogP contribution in [0.1, 0.15) is 12.8 Å². The molecule has 2 heterocycles. The number of anilines is 1. The molecule has 0 aromatic heterocycles. The van der Waals surface area contributed by atoms with Crippen LogP contribution in [-0.2, 0) is 10.0 Å². The van der Waals surface area contributed by atoms with Crippen LogP contribution >= 0.6 is 0 Å². The number of likely N-dealkylation sites (tertiary alicyclic amines) is 1. The lowest BCUT2D eigenvalue weighted by atomic mass is 10.1. The van der Waals surface area contributed by atoms with Crippen molar-refractivity contribution in [2.45, 2.75) is 23.8 Å². The van der Waals surface area contributed by atoms with Gasteiger partial charge < -0.3 is 10.0 Å². The first-order chi connectivity index (χ1) is 11.1. The molecule has 2 aliphatic heterocycles. The molecular formula is C17H20N2O3S. The number of aliphatic hydroxyl groups is 1. The molecule has 5 nitrogen and oxygen atoms in total. The molecule has 1 N–H and O–H groups in total. The summed E-state index contributed by atoms with van der Waals surface area (Å²) in [5.74, 6) is 0. The number of aliphatic hydroxyl groups excluding tert-OH is 1. The van der Waals surface area contributed by atoms with E-state index < -0.39 is 10.0 Å². The molecule has 0 aliphatic carbocycles. The molecule has 0 saturated carbocycles. The fourth-order valence-corrected chi connectivity index (χ4v) is 5.28. The predicted octanol–water partition coefficient (Wildman–Crippen LogP) is 1.81. The lowest BCUT2D eigenvalue weighted by molar-refractivity contribution is 0.0842. The lowest BCUT2D eigenvalue weighted by Crippen LogP contribution is -2.41. The number of hydrogen-bond donors (Lipinski definition) is 1. The molecule has 23 heavy (non-hydrogen) atoms. The Bertz CT molecular complexity index is 837. The standard InChI is InChI=1S/C17H20N2O3S/c20-14-7-9-18(10-8-14)11-12-19-15-5-1-3-13-4-2-6-16(17(13)15)23(19,21)22/h1-6,14,20H,7-12H2. The van der Waals surface area contributed by atoms with Gasteiger partial charge in [0.2, 0.25) is 0 Å². The van der Waals surface area contributed by atoms with Crippen molar-refractivity contribution >= 4 is 26.5 Å². The van der Waals surface area contributed by atoms with E-state index in [0.29, 0.717) is 18.0 Å². The van der Waals surface area contributed by atoms with Gasteiger partial charge in [-0.15, -0.1) is 0 Å². The van der Waals surface area contributed by atoms with E-state index in [0.717, 1.165) is 42.4 Å². The van der Waals surface area contributed by atoms with Crippen LogP contribution in [-0.4, -0.2) is 50.7 Å². The third-order valence-electron chi connectivity index (χ3n) is 4.86. The van der Waals surface area contributed by atoms with Gasteiger partial charge in [-0.3, -0.25) is 4.31 Å². The van der Waals surface area contributed by atoms with Gasteiger partial charge in [0.05, 0.1) is 16.7 Å². The lowest BCUT2D eigenvalue weighted by Gasteiger charge is -2.31. The summed E-state index contributed by atoms with van der Waals surface area (Å²) in [5.41, 5.74) is 0.787. The molecule has 2 aromatic carbocycles. The van der Waals surface area contributed by atoms with Crippen molar-refractivity contribution in [1.29, 1.82) is 0 Å². The Balaban J connectivity index is 1.62. The summed E-state index contributed by atoms with van der Waals surface area (Å²) in [6.07, 6.45) is 1.32. The molecule has 0 radical (unpaired) electrons. The average Bonchev–Trinajstić information content (AvgIpc) is 2.77. The van der Waals surface area contributed by atoms with Gasteiger partial charge in [-0.25, -0.2) is 8.42 Å². The van der Waals surface area contributed by atoms with Crippen LogP contribution in [0.15, 0.2) is 41.3 Å². The quantitative estimate of drug-likeness (QED) is 0.931. The fourth-order valence-electron chi connectivity index (χ4n) is 3.57. The number of sulfonamides is 1. The highest BCUT2D eigenvalue weighted by molar-refractivity contribution is 7.93. The van der Waals surface area contributed by atoms with Crippen molar-refractivity contribution in [2.24, 2.45) is 0 Å². The smallest absolute Gasteiger partial charge is 0.265 e. The highest BCUT2D eigenvalue weighted by Gasteiger charge is 2.35. The van der Waals surface area contributed by atoms with Crippen molar-refractivity contribution in [3.8, 4) is 0 Å². The zero-order valence-corrected chi connectivity index (χ0v) is 13.7. The normalized spacial score (nSPS) is 21.2. The third-order valence-corrected chi connectivity index (χ3v) is 6.71. The molecule has 1 saturated heterocycles. The summed E-state index contributed by atoms with van der Waals surface area (Å²) in [6, 6.07) is 11.2. The summed E-state index contributed by atoms with van der Waals surface area (Å²) in [5, 5.41) is 11.4. The molecular weight excluding hydrogens is 312 g/mol. The summed E-state index contributed by atoms with van der Waals surface area (Å²) in [7, 11) is -3.45. The van der Waals surface area contributed by atoms with Gasteiger partial charge in [0.1, 0.15) is 0 Å². The van der Waals surface area contributed by atoms with Crippen molar-refractivity contribution in [1.82, 2.24) is 4.90 Å². The maximum atomic E-state index is 12.9. The molecule has 0 spiro atoms. The van der Waals surface area contributed by atoms with Gasteiger partial charge in [-0.05, 0) is 30.4 Å². The minimum absolute atomic E-state index is 0.209. The molecule has 0 amide bonds. The number of piperidine rings is 1. The summed E-state index contributed by atoms with van der Waals surface area (Å²) < 4.78 is 27.3. The van der Waals surface area contributed by atoms with Crippen molar-refractivity contribution in [3.05, 3.63) is 36.4 Å². The predicted molar refractivity (Wildman–Crippen MR) is 90.2 cm³/mol. The van der Waals surface area contributed by atoms with E-state index in [4.69, 9.17) is 0 Å². The highest BCUT2D eigenvalue weighted by Crippen LogP contribution is 2.41. The maximum Gasteiger partial charge on any atom is 0.265 e. The van der Waals surface area contributed by atoms with E-state index >= 15 is 0 Å². The van der Waals surface area contributed by atoms with Crippen LogP contribution in [0.2, 0.25) is 0 Å². The number of nitrogens with zero attached hydrogens (tertiary/aromatic N) is 2. The molecule has 0 unspecified atom stereocenters. The van der Waals surface area contributed by atoms with Crippen LogP contribution in [0.3, 0.4) is 0 Å². The van der Waals surface area contributed by atoms with Crippen molar-refractivity contribution in [3.63, 3.8) is 0 Å². The topological polar surface area (TPSA) is 60.9 Å². The van der Waals surface area contributed by atoms with Crippen molar-refractivity contribution < 1.29 is 13.5 Å². The van der Waals surface area contributed by atoms with Gasteiger partial charge in [0, 0.05) is 31.6 Å². The SMILES string of the molecule is O=S1(=O)c2cccc3cccc(c23)N1CCN1CCC(O)CC1. The van der Waals surface area contributed by atoms with Crippen LogP contribution in [0.25, 0.3) is 10.8 Å². The molecule has 2 aromatic rings. The Morgan fingerprint density at radius 3 is 2.48 bits per heavy atom. The first-order valence-corrected chi connectivity index (χ1v) is 9.46. The largest absolute Gasteiger partial charge is 0.393 e. The minimum Gasteiger partial charge on any atom is -0.393 e. The first kappa shape index (κ1) is 14.9. The second-order valence-corrected chi connectivity index (χ2v) is 8.11. The molecule has 122 valence electrons. The Kier molecular flexibility index (Phi) is 3.55. The van der Waals surface area contributed by atoms with E-state index in [-0.39, 0.29) is 6.10 Å². The van der Waals surface area contributed by atoms with E-state index in [2.05, 4.69) is 4.90 Å². The number of hydrogen-bond acceptors (Lipinski definition) is 4. The Morgan fingerprint density at radius 1 is 1.04 bits per heavy atom. The van der Waals surface area contributed by atoms with Gasteiger partial charge in [-0.1, -0.05) is 24.3 Å². The molecule has 2 aliphatic rings. The Labute approximate surface area is 136 Å². The van der Waals surface area contributed by atoms with Gasteiger partial charge in [-0.2, -0.15) is 0 Å². The summed E-state index contributed by atoms with van der Waals surface area (Å²) in [6.45, 7) is 2.79. The number of benzene rings is 2. The van der Waals surface area contributed by atoms with E-state index in [9.17, 15) is 13.5 Å². The van der Waals surface area contributed by atoms with E-state index in [1.807, 2.05) is 24.3 Å². The zero-order chi connectivity index (χ0) is 16.0. The van der Waals surface area contributed by atoms with Crippen LogP contribution in [0.4, 0.5) is 5.69 Å². The first-order valence-electron chi connectivity index (χ1n) is 8.02. The van der Waals surface area contributed by atoms with Gasteiger partial charge in [0.25, 0.3) is 10.0 Å². The molecule has 0 bridgehead atoms. The zero-order valence-electron chi connectivity index (χ0n) is 12.9. The molecule has 6 heteroatoms. The fraction of sp³-hybridized carbons (Fsp3) is 0.412. The van der Waals surface area contributed by atoms with Crippen LogP contribution in [0.5, 0.6) is 0 Å². The monoisotopic (exact) mass is 332 g/mol. The minimum atomic E-state index is -3.45. The highest BCUT2D eigenvalue weighted by atomic mass is 32.2. The summed E-state index contributed by atoms with van der Waals surface area (Å²) >= 11 is 0. The second-order valence-electron chi connectivity index (χ2n) is 6.28. The summed E-state index contributed by atoms with van der Waals surface area (Å²) in [4.78, 5) is 2.64. The Hall–Kier alpha value is -1.63. The second kappa shape index (κ2) is 5.47. The Morgan fingerprint density at radius 2 is 1.74 bits per heavy atom. The number of rotatable bonds is 3.